The molecule has 1 aliphatic carbocycles. The van der Waals surface area contributed by atoms with E-state index < -0.39 is 0 Å². The van der Waals surface area contributed by atoms with Gasteiger partial charge in [0.25, 0.3) is 11.5 Å². The average Bonchev–Trinajstić information content (AvgIpc) is 3.08. The summed E-state index contributed by atoms with van der Waals surface area (Å²) in [6.07, 6.45) is 2.48. The van der Waals surface area contributed by atoms with Crippen molar-refractivity contribution in [3.05, 3.63) is 56.1 Å². The van der Waals surface area contributed by atoms with Crippen LogP contribution in [0.4, 0.5) is 0 Å². The minimum Gasteiger partial charge on any atom is -0.349 e. The van der Waals surface area contributed by atoms with Crippen molar-refractivity contribution in [3.63, 3.8) is 0 Å². The molecule has 1 unspecified atom stereocenters. The lowest BCUT2D eigenvalue weighted by molar-refractivity contribution is 0.0934. The minimum absolute atomic E-state index is 0.00868. The second kappa shape index (κ2) is 7.32. The number of pyridine rings is 1. The highest BCUT2D eigenvalue weighted by atomic mass is 32.1. The molecule has 3 rings (SSSR count). The first-order valence-corrected chi connectivity index (χ1v) is 9.18. The first kappa shape index (κ1) is 16.9. The summed E-state index contributed by atoms with van der Waals surface area (Å²) in [6.45, 7) is 1.55. The van der Waals surface area contributed by atoms with Crippen molar-refractivity contribution in [1.82, 2.24) is 14.8 Å². The van der Waals surface area contributed by atoms with Crippen LogP contribution in [0.5, 0.6) is 0 Å². The maximum Gasteiger partial charge on any atom is 0.252 e. The highest BCUT2D eigenvalue weighted by Gasteiger charge is 2.23. The van der Waals surface area contributed by atoms with Crippen molar-refractivity contribution >= 4 is 17.2 Å². The molecule has 0 fully saturated rings. The fraction of sp³-hybridized carbons (Fsp3) is 0.444. The van der Waals surface area contributed by atoms with E-state index in [0.29, 0.717) is 6.54 Å². The number of rotatable bonds is 5. The van der Waals surface area contributed by atoms with E-state index in [1.807, 2.05) is 41.6 Å². The molecule has 5 nitrogen and oxygen atoms in total. The van der Waals surface area contributed by atoms with Gasteiger partial charge in [0, 0.05) is 41.8 Å². The summed E-state index contributed by atoms with van der Waals surface area (Å²) in [4.78, 5) is 26.5. The third-order valence-corrected chi connectivity index (χ3v) is 5.16. The van der Waals surface area contributed by atoms with Crippen LogP contribution in [0.25, 0.3) is 0 Å². The quantitative estimate of drug-likeness (QED) is 0.898. The summed E-state index contributed by atoms with van der Waals surface area (Å²) >= 11 is 1.53. The number of hydrogen-bond acceptors (Lipinski definition) is 4. The van der Waals surface area contributed by atoms with Gasteiger partial charge in [0.15, 0.2) is 0 Å². The Morgan fingerprint density at radius 3 is 2.92 bits per heavy atom. The molecule has 128 valence electrons. The molecule has 1 aliphatic rings. The summed E-state index contributed by atoms with van der Waals surface area (Å²) in [7, 11) is 4.02. The maximum absolute atomic E-state index is 12.2. The highest BCUT2D eigenvalue weighted by molar-refractivity contribution is 7.08. The summed E-state index contributed by atoms with van der Waals surface area (Å²) in [6, 6.07) is 5.55. The van der Waals surface area contributed by atoms with E-state index in [-0.39, 0.29) is 17.5 Å². The van der Waals surface area contributed by atoms with Crippen LogP contribution in [0, 0.1) is 0 Å². The molecule has 1 atom stereocenters. The zero-order valence-corrected chi connectivity index (χ0v) is 14.9. The molecule has 0 spiro atoms. The third-order valence-electron chi connectivity index (χ3n) is 4.47. The lowest BCUT2D eigenvalue weighted by Crippen LogP contribution is -2.40. The first-order valence-electron chi connectivity index (χ1n) is 8.24. The molecule has 0 bridgehead atoms. The molecular weight excluding hydrogens is 322 g/mol. The number of aromatic nitrogens is 1. The Kier molecular flexibility index (Phi) is 5.16. The van der Waals surface area contributed by atoms with E-state index in [4.69, 9.17) is 0 Å². The van der Waals surface area contributed by atoms with Crippen molar-refractivity contribution in [1.29, 1.82) is 0 Å². The predicted molar refractivity (Wildman–Crippen MR) is 96.9 cm³/mol. The second-order valence-corrected chi connectivity index (χ2v) is 7.30. The molecule has 0 saturated carbocycles. The number of hydrogen-bond donors (Lipinski definition) is 1. The lowest BCUT2D eigenvalue weighted by atomic mass is 9.91. The van der Waals surface area contributed by atoms with Crippen molar-refractivity contribution in [2.75, 3.05) is 20.6 Å². The minimum atomic E-state index is -0.00868. The van der Waals surface area contributed by atoms with Crippen LogP contribution in [0.1, 0.15) is 28.0 Å². The first-order chi connectivity index (χ1) is 11.5. The average molecular weight is 345 g/mol. The summed E-state index contributed by atoms with van der Waals surface area (Å²) < 4.78 is 1.90. The molecule has 0 aromatic carbocycles. The van der Waals surface area contributed by atoms with Crippen molar-refractivity contribution in [2.45, 2.75) is 31.8 Å². The molecule has 0 saturated heterocycles. The van der Waals surface area contributed by atoms with Crippen LogP contribution >= 0.6 is 11.3 Å². The number of nitrogens with one attached hydrogen (secondary N) is 1. The number of likely N-dealkylation sites (N-methyl/N-ethyl adjacent to an activating group) is 1. The van der Waals surface area contributed by atoms with Crippen molar-refractivity contribution in [2.24, 2.45) is 0 Å². The third kappa shape index (κ3) is 3.76. The normalized spacial score (nSPS) is 16.9. The monoisotopic (exact) mass is 345 g/mol. The summed E-state index contributed by atoms with van der Waals surface area (Å²) in [5, 5.41) is 6.90. The Balaban J connectivity index is 1.73. The van der Waals surface area contributed by atoms with Crippen LogP contribution in [0.3, 0.4) is 0 Å². The molecule has 0 radical (unpaired) electrons. The van der Waals surface area contributed by atoms with Gasteiger partial charge in [0.2, 0.25) is 0 Å². The number of fused-ring (bicyclic) bond motifs is 1. The van der Waals surface area contributed by atoms with E-state index in [9.17, 15) is 9.59 Å². The van der Waals surface area contributed by atoms with Crippen molar-refractivity contribution in [3.8, 4) is 0 Å². The molecule has 0 aliphatic heterocycles. The van der Waals surface area contributed by atoms with Crippen LogP contribution in [0.2, 0.25) is 0 Å². The van der Waals surface area contributed by atoms with Gasteiger partial charge in [-0.05, 0) is 50.4 Å². The number of nitrogens with zero attached hydrogens (tertiary/aromatic N) is 2. The summed E-state index contributed by atoms with van der Waals surface area (Å²) in [5.74, 6) is -0.00868. The fourth-order valence-electron chi connectivity index (χ4n) is 3.15. The maximum atomic E-state index is 12.2. The van der Waals surface area contributed by atoms with E-state index in [2.05, 4.69) is 10.2 Å². The molecule has 1 N–H and O–H groups in total. The Labute approximate surface area is 145 Å². The smallest absolute Gasteiger partial charge is 0.252 e. The van der Waals surface area contributed by atoms with E-state index >= 15 is 0 Å². The zero-order chi connectivity index (χ0) is 17.1. The standard InChI is InChI=1S/C18H23N3O2S/c1-20(2)8-9-21-16-5-4-15(11-13(16)3-6-17(21)22)19-18(23)14-7-10-24-12-14/h3,6-7,10,12,15H,4-5,8-9,11H2,1-2H3,(H,19,23). The van der Waals surface area contributed by atoms with Gasteiger partial charge in [-0.1, -0.05) is 6.07 Å². The molecule has 24 heavy (non-hydrogen) atoms. The number of carbonyl (C=O) groups excluding carboxylic acids is 1. The predicted octanol–water partition coefficient (Wildman–Crippen LogP) is 1.76. The Bertz CT molecular complexity index is 765. The molecule has 2 heterocycles. The van der Waals surface area contributed by atoms with Crippen molar-refractivity contribution < 1.29 is 4.79 Å². The Morgan fingerprint density at radius 2 is 2.21 bits per heavy atom. The van der Waals surface area contributed by atoms with Crippen LogP contribution < -0.4 is 10.9 Å². The van der Waals surface area contributed by atoms with Gasteiger partial charge < -0.3 is 14.8 Å². The van der Waals surface area contributed by atoms with Gasteiger partial charge in [0.05, 0.1) is 0 Å². The molecular formula is C18H23N3O2S. The topological polar surface area (TPSA) is 54.3 Å². The molecule has 2 aromatic rings. The highest BCUT2D eigenvalue weighted by Crippen LogP contribution is 2.21. The largest absolute Gasteiger partial charge is 0.349 e. The van der Waals surface area contributed by atoms with Crippen LogP contribution in [-0.4, -0.2) is 42.1 Å². The number of carbonyl (C=O) groups is 1. The summed E-state index contributed by atoms with van der Waals surface area (Å²) in [5.41, 5.74) is 3.10. The van der Waals surface area contributed by atoms with E-state index in [1.54, 1.807) is 6.07 Å². The Morgan fingerprint density at radius 1 is 1.38 bits per heavy atom. The van der Waals surface area contributed by atoms with Gasteiger partial charge in [-0.15, -0.1) is 0 Å². The van der Waals surface area contributed by atoms with E-state index in [0.717, 1.165) is 37.1 Å². The van der Waals surface area contributed by atoms with Gasteiger partial charge in [0.1, 0.15) is 0 Å². The molecule has 2 aromatic heterocycles. The number of thiophene rings is 1. The second-order valence-electron chi connectivity index (χ2n) is 6.52. The molecule has 1 amide bonds. The van der Waals surface area contributed by atoms with E-state index in [1.165, 1.54) is 16.9 Å². The van der Waals surface area contributed by atoms with Crippen LogP contribution in [-0.2, 0) is 19.4 Å². The van der Waals surface area contributed by atoms with Crippen LogP contribution in [0.15, 0.2) is 33.8 Å². The zero-order valence-electron chi connectivity index (χ0n) is 14.1. The van der Waals surface area contributed by atoms with Gasteiger partial charge in [-0.3, -0.25) is 9.59 Å². The van der Waals surface area contributed by atoms with Gasteiger partial charge in [-0.2, -0.15) is 11.3 Å². The SMILES string of the molecule is CN(C)CCn1c2c(ccc1=O)CC(NC(=O)c1ccsc1)CC2. The Hall–Kier alpha value is -1.92. The lowest BCUT2D eigenvalue weighted by Gasteiger charge is -2.28. The molecule has 6 heteroatoms. The van der Waals surface area contributed by atoms with Gasteiger partial charge >= 0.3 is 0 Å². The fourth-order valence-corrected chi connectivity index (χ4v) is 3.79. The van der Waals surface area contributed by atoms with Gasteiger partial charge in [-0.25, -0.2) is 0 Å². The number of amides is 1.